The van der Waals surface area contributed by atoms with Gasteiger partial charge in [0.15, 0.2) is 0 Å². The third kappa shape index (κ3) is 3.72. The number of amides is 2. The minimum Gasteiger partial charge on any atom is -0.325 e. The molecule has 1 fully saturated rings. The largest absolute Gasteiger partial charge is 0.325 e. The second-order valence-corrected chi connectivity index (χ2v) is 5.79. The van der Waals surface area contributed by atoms with Gasteiger partial charge in [-0.3, -0.25) is 0 Å². The molecular formula is C16H24N2O. The van der Waals surface area contributed by atoms with E-state index in [0.717, 1.165) is 31.8 Å². The predicted octanol–water partition coefficient (Wildman–Crippen LogP) is 3.28. The van der Waals surface area contributed by atoms with Gasteiger partial charge in [0, 0.05) is 26.7 Å². The van der Waals surface area contributed by atoms with Gasteiger partial charge in [-0.05, 0) is 31.2 Å². The fourth-order valence-electron chi connectivity index (χ4n) is 2.48. The Morgan fingerprint density at radius 1 is 1.26 bits per heavy atom. The molecule has 2 rings (SSSR count). The molecule has 0 atom stereocenters. The van der Waals surface area contributed by atoms with Crippen molar-refractivity contribution in [1.29, 1.82) is 0 Å². The summed E-state index contributed by atoms with van der Waals surface area (Å²) in [5.41, 5.74) is 2.44. The number of aryl methyl sites for hydroxylation is 1. The lowest BCUT2D eigenvalue weighted by atomic mass is 9.99. The summed E-state index contributed by atoms with van der Waals surface area (Å²) in [5.74, 6) is 0.756. The first-order valence-corrected chi connectivity index (χ1v) is 7.12. The fraction of sp³-hybridized carbons (Fsp3) is 0.562. The predicted molar refractivity (Wildman–Crippen MR) is 78.0 cm³/mol. The highest BCUT2D eigenvalue weighted by Gasteiger charge is 2.22. The third-order valence-electron chi connectivity index (χ3n) is 3.92. The van der Waals surface area contributed by atoms with Crippen molar-refractivity contribution in [2.75, 3.05) is 20.1 Å². The molecule has 0 bridgehead atoms. The van der Waals surface area contributed by atoms with E-state index in [2.05, 4.69) is 38.1 Å². The van der Waals surface area contributed by atoms with Crippen molar-refractivity contribution in [3.8, 4) is 0 Å². The number of rotatable bonds is 2. The second kappa shape index (κ2) is 6.09. The molecule has 3 heteroatoms. The van der Waals surface area contributed by atoms with E-state index in [1.807, 2.05) is 16.8 Å². The normalized spacial score (nSPS) is 16.5. The first-order chi connectivity index (χ1) is 9.06. The van der Waals surface area contributed by atoms with Crippen LogP contribution in [0.25, 0.3) is 0 Å². The summed E-state index contributed by atoms with van der Waals surface area (Å²) in [7, 11) is 1.89. The van der Waals surface area contributed by atoms with E-state index in [0.29, 0.717) is 6.54 Å². The molecule has 0 aliphatic carbocycles. The van der Waals surface area contributed by atoms with Crippen LogP contribution in [0.4, 0.5) is 4.79 Å². The van der Waals surface area contributed by atoms with Crippen LogP contribution in [-0.2, 0) is 6.54 Å². The Balaban J connectivity index is 1.90. The molecule has 0 unspecified atom stereocenters. The maximum absolute atomic E-state index is 12.3. The number of benzene rings is 1. The molecule has 0 saturated carbocycles. The number of piperidine rings is 1. The van der Waals surface area contributed by atoms with Gasteiger partial charge in [-0.2, -0.15) is 0 Å². The lowest BCUT2D eigenvalue weighted by Crippen LogP contribution is -2.44. The molecule has 2 amide bonds. The Bertz CT molecular complexity index is 419. The van der Waals surface area contributed by atoms with Crippen LogP contribution in [-0.4, -0.2) is 36.0 Å². The van der Waals surface area contributed by atoms with Gasteiger partial charge in [-0.15, -0.1) is 0 Å². The Hall–Kier alpha value is -1.51. The molecule has 1 saturated heterocycles. The van der Waals surface area contributed by atoms with Gasteiger partial charge in [0.05, 0.1) is 0 Å². The Kier molecular flexibility index (Phi) is 4.46. The highest BCUT2D eigenvalue weighted by atomic mass is 16.2. The average molecular weight is 260 g/mol. The van der Waals surface area contributed by atoms with Crippen molar-refractivity contribution in [1.82, 2.24) is 9.80 Å². The monoisotopic (exact) mass is 260 g/mol. The van der Waals surface area contributed by atoms with Gasteiger partial charge in [-0.25, -0.2) is 4.79 Å². The first kappa shape index (κ1) is 13.9. The van der Waals surface area contributed by atoms with Crippen molar-refractivity contribution in [3.63, 3.8) is 0 Å². The van der Waals surface area contributed by atoms with Crippen LogP contribution in [0, 0.1) is 12.8 Å². The summed E-state index contributed by atoms with van der Waals surface area (Å²) in [6, 6.07) is 8.54. The number of nitrogens with zero attached hydrogens (tertiary/aromatic N) is 2. The van der Waals surface area contributed by atoms with E-state index in [-0.39, 0.29) is 6.03 Å². The molecule has 19 heavy (non-hydrogen) atoms. The lowest BCUT2D eigenvalue weighted by molar-refractivity contribution is 0.141. The Morgan fingerprint density at radius 3 is 2.42 bits per heavy atom. The SMILES string of the molecule is Cc1ccc(CN(C)C(=O)N2CCC(C)CC2)cc1. The molecular weight excluding hydrogens is 236 g/mol. The van der Waals surface area contributed by atoms with Crippen LogP contribution in [0.2, 0.25) is 0 Å². The molecule has 0 radical (unpaired) electrons. The maximum atomic E-state index is 12.3. The van der Waals surface area contributed by atoms with Crippen LogP contribution in [0.15, 0.2) is 24.3 Å². The zero-order valence-electron chi connectivity index (χ0n) is 12.2. The van der Waals surface area contributed by atoms with Crippen LogP contribution >= 0.6 is 0 Å². The zero-order valence-corrected chi connectivity index (χ0v) is 12.2. The first-order valence-electron chi connectivity index (χ1n) is 7.12. The number of carbonyl (C=O) groups excluding carboxylic acids is 1. The number of likely N-dealkylation sites (tertiary alicyclic amines) is 1. The minimum atomic E-state index is 0.160. The molecule has 1 aromatic rings. The van der Waals surface area contributed by atoms with Crippen molar-refractivity contribution in [2.45, 2.75) is 33.2 Å². The second-order valence-electron chi connectivity index (χ2n) is 5.79. The van der Waals surface area contributed by atoms with Gasteiger partial charge < -0.3 is 9.80 Å². The van der Waals surface area contributed by atoms with Crippen molar-refractivity contribution in [3.05, 3.63) is 35.4 Å². The number of hydrogen-bond donors (Lipinski definition) is 0. The van der Waals surface area contributed by atoms with Crippen LogP contribution < -0.4 is 0 Å². The van der Waals surface area contributed by atoms with E-state index in [9.17, 15) is 4.79 Å². The molecule has 1 aliphatic rings. The highest BCUT2D eigenvalue weighted by Crippen LogP contribution is 2.17. The lowest BCUT2D eigenvalue weighted by Gasteiger charge is -2.33. The summed E-state index contributed by atoms with van der Waals surface area (Å²) in [5, 5.41) is 0. The van der Waals surface area contributed by atoms with Crippen molar-refractivity contribution in [2.24, 2.45) is 5.92 Å². The van der Waals surface area contributed by atoms with Crippen molar-refractivity contribution >= 4 is 6.03 Å². The number of hydrogen-bond acceptors (Lipinski definition) is 1. The molecule has 1 aromatic carbocycles. The van der Waals surface area contributed by atoms with Crippen LogP contribution in [0.1, 0.15) is 30.9 Å². The average Bonchev–Trinajstić information content (AvgIpc) is 2.41. The number of carbonyl (C=O) groups is 1. The standard InChI is InChI=1S/C16H24N2O/c1-13-4-6-15(7-5-13)12-17(3)16(19)18-10-8-14(2)9-11-18/h4-7,14H,8-12H2,1-3H3. The summed E-state index contributed by atoms with van der Waals surface area (Å²) in [6.45, 7) is 6.83. The third-order valence-corrected chi connectivity index (χ3v) is 3.92. The van der Waals surface area contributed by atoms with Gasteiger partial charge in [0.2, 0.25) is 0 Å². The summed E-state index contributed by atoms with van der Waals surface area (Å²) in [6.07, 6.45) is 2.26. The van der Waals surface area contributed by atoms with Gasteiger partial charge in [0.1, 0.15) is 0 Å². The summed E-state index contributed by atoms with van der Waals surface area (Å²) in [4.78, 5) is 16.1. The van der Waals surface area contributed by atoms with Crippen LogP contribution in [0.5, 0.6) is 0 Å². The smallest absolute Gasteiger partial charge is 0.320 e. The molecule has 1 aliphatic heterocycles. The molecule has 0 spiro atoms. The number of urea groups is 1. The van der Waals surface area contributed by atoms with E-state index in [1.54, 1.807) is 0 Å². The Morgan fingerprint density at radius 2 is 1.84 bits per heavy atom. The van der Waals surface area contributed by atoms with Crippen LogP contribution in [0.3, 0.4) is 0 Å². The zero-order chi connectivity index (χ0) is 13.8. The molecule has 0 N–H and O–H groups in total. The molecule has 0 aromatic heterocycles. The summed E-state index contributed by atoms with van der Waals surface area (Å²) < 4.78 is 0. The van der Waals surface area contributed by atoms with E-state index < -0.39 is 0 Å². The van der Waals surface area contributed by atoms with E-state index in [4.69, 9.17) is 0 Å². The molecule has 104 valence electrons. The van der Waals surface area contributed by atoms with Crippen molar-refractivity contribution < 1.29 is 4.79 Å². The summed E-state index contributed by atoms with van der Waals surface area (Å²) >= 11 is 0. The minimum absolute atomic E-state index is 0.160. The van der Waals surface area contributed by atoms with E-state index in [1.165, 1.54) is 11.1 Å². The fourth-order valence-corrected chi connectivity index (χ4v) is 2.48. The maximum Gasteiger partial charge on any atom is 0.320 e. The van der Waals surface area contributed by atoms with Gasteiger partial charge >= 0.3 is 6.03 Å². The van der Waals surface area contributed by atoms with Gasteiger partial charge in [-0.1, -0.05) is 36.8 Å². The van der Waals surface area contributed by atoms with E-state index >= 15 is 0 Å². The molecule has 3 nitrogen and oxygen atoms in total. The quantitative estimate of drug-likeness (QED) is 0.800. The topological polar surface area (TPSA) is 23.6 Å². The Labute approximate surface area is 116 Å². The highest BCUT2D eigenvalue weighted by molar-refractivity contribution is 5.74. The van der Waals surface area contributed by atoms with Gasteiger partial charge in [0.25, 0.3) is 0 Å². The molecule has 1 heterocycles.